The Hall–Kier alpha value is -0.900. The van der Waals surface area contributed by atoms with Crippen molar-refractivity contribution in [2.75, 3.05) is 46.9 Å². The molecular weight excluding hydrogens is 248 g/mol. The third kappa shape index (κ3) is 2.76. The minimum absolute atomic E-state index is 0.605. The second-order valence-electron chi connectivity index (χ2n) is 6.32. The highest BCUT2D eigenvalue weighted by atomic mass is 16.5. The number of benzene rings is 1. The first kappa shape index (κ1) is 14.1. The quantitative estimate of drug-likeness (QED) is 0.766. The van der Waals surface area contributed by atoms with Crippen molar-refractivity contribution in [3.63, 3.8) is 0 Å². The van der Waals surface area contributed by atoms with E-state index in [1.807, 2.05) is 0 Å². The minimum Gasteiger partial charge on any atom is -0.385 e. The predicted molar refractivity (Wildman–Crippen MR) is 81.7 cm³/mol. The first-order valence-electron chi connectivity index (χ1n) is 7.76. The van der Waals surface area contributed by atoms with Gasteiger partial charge in [-0.15, -0.1) is 0 Å². The van der Waals surface area contributed by atoms with Crippen LogP contribution in [0, 0.1) is 11.8 Å². The molecule has 2 fully saturated rings. The topological polar surface area (TPSA) is 15.7 Å². The number of ether oxygens (including phenoxy) is 1. The lowest BCUT2D eigenvalue weighted by atomic mass is 9.90. The Morgan fingerprint density at radius 1 is 1.15 bits per heavy atom. The van der Waals surface area contributed by atoms with Crippen LogP contribution in [0.1, 0.15) is 18.0 Å². The molecule has 2 aliphatic heterocycles. The van der Waals surface area contributed by atoms with Crippen molar-refractivity contribution in [2.45, 2.75) is 12.5 Å². The van der Waals surface area contributed by atoms with Crippen LogP contribution in [0.3, 0.4) is 0 Å². The lowest BCUT2D eigenvalue weighted by Crippen LogP contribution is -2.30. The van der Waals surface area contributed by atoms with Crippen molar-refractivity contribution >= 4 is 0 Å². The van der Waals surface area contributed by atoms with Crippen molar-refractivity contribution in [1.82, 2.24) is 9.80 Å². The molecule has 2 saturated heterocycles. The number of nitrogens with zero attached hydrogens (tertiary/aromatic N) is 2. The summed E-state index contributed by atoms with van der Waals surface area (Å²) in [7, 11) is 4.07. The van der Waals surface area contributed by atoms with Gasteiger partial charge in [-0.1, -0.05) is 30.3 Å². The van der Waals surface area contributed by atoms with Crippen LogP contribution in [0.2, 0.25) is 0 Å². The van der Waals surface area contributed by atoms with Crippen molar-refractivity contribution in [1.29, 1.82) is 0 Å². The van der Waals surface area contributed by atoms with Crippen LogP contribution >= 0.6 is 0 Å². The summed E-state index contributed by atoms with van der Waals surface area (Å²) >= 11 is 0. The third-order valence-electron chi connectivity index (χ3n) is 4.93. The Bertz CT molecular complexity index is 422. The summed E-state index contributed by atoms with van der Waals surface area (Å²) in [6.45, 7) is 5.82. The average molecular weight is 274 g/mol. The van der Waals surface area contributed by atoms with Crippen LogP contribution in [0.25, 0.3) is 0 Å². The molecule has 0 spiro atoms. The fourth-order valence-corrected chi connectivity index (χ4v) is 4.12. The van der Waals surface area contributed by atoms with Crippen molar-refractivity contribution in [3.8, 4) is 0 Å². The van der Waals surface area contributed by atoms with E-state index < -0.39 is 0 Å². The molecule has 0 amide bonds. The molecule has 0 unspecified atom stereocenters. The van der Waals surface area contributed by atoms with Crippen LogP contribution in [0.5, 0.6) is 0 Å². The number of fused-ring (bicyclic) bond motifs is 1. The van der Waals surface area contributed by atoms with E-state index in [-0.39, 0.29) is 0 Å². The van der Waals surface area contributed by atoms with Gasteiger partial charge in [0.1, 0.15) is 0 Å². The maximum absolute atomic E-state index is 5.17. The van der Waals surface area contributed by atoms with Gasteiger partial charge in [-0.25, -0.2) is 0 Å². The van der Waals surface area contributed by atoms with E-state index >= 15 is 0 Å². The fraction of sp³-hybridized carbons (Fsp3) is 0.647. The SMILES string of the molecule is COCCCN1C[C@@H]2CN(C)[C@@H](c3ccccc3)[C@@H]2C1. The molecule has 0 saturated carbocycles. The van der Waals surface area contributed by atoms with Crippen LogP contribution < -0.4 is 0 Å². The Morgan fingerprint density at radius 3 is 2.70 bits per heavy atom. The van der Waals surface area contributed by atoms with E-state index in [2.05, 4.69) is 47.2 Å². The summed E-state index contributed by atoms with van der Waals surface area (Å²) in [5, 5.41) is 0. The lowest BCUT2D eigenvalue weighted by molar-refractivity contribution is 0.171. The third-order valence-corrected chi connectivity index (χ3v) is 4.93. The Labute approximate surface area is 122 Å². The Balaban J connectivity index is 1.65. The number of likely N-dealkylation sites (tertiary alicyclic amines) is 2. The van der Waals surface area contributed by atoms with Crippen molar-refractivity contribution in [2.24, 2.45) is 11.8 Å². The predicted octanol–water partition coefficient (Wildman–Crippen LogP) is 2.26. The largest absolute Gasteiger partial charge is 0.385 e. The first-order chi connectivity index (χ1) is 9.79. The van der Waals surface area contributed by atoms with Crippen LogP contribution in [0.4, 0.5) is 0 Å². The number of rotatable bonds is 5. The van der Waals surface area contributed by atoms with Gasteiger partial charge < -0.3 is 9.64 Å². The molecule has 3 heteroatoms. The van der Waals surface area contributed by atoms with Crippen molar-refractivity contribution < 1.29 is 4.74 Å². The van der Waals surface area contributed by atoms with E-state index in [4.69, 9.17) is 4.74 Å². The number of hydrogen-bond donors (Lipinski definition) is 0. The molecule has 0 radical (unpaired) electrons. The summed E-state index contributed by atoms with van der Waals surface area (Å²) < 4.78 is 5.17. The molecule has 3 atom stereocenters. The van der Waals surface area contributed by atoms with Gasteiger partial charge in [0.2, 0.25) is 0 Å². The molecule has 0 aromatic heterocycles. The summed E-state index contributed by atoms with van der Waals surface area (Å²) in [6, 6.07) is 11.6. The molecule has 0 N–H and O–H groups in total. The fourth-order valence-electron chi connectivity index (χ4n) is 4.12. The first-order valence-corrected chi connectivity index (χ1v) is 7.76. The van der Waals surface area contributed by atoms with E-state index in [9.17, 15) is 0 Å². The Morgan fingerprint density at radius 2 is 1.95 bits per heavy atom. The molecule has 2 aliphatic rings. The monoisotopic (exact) mass is 274 g/mol. The van der Waals surface area contributed by atoms with E-state index in [1.54, 1.807) is 7.11 Å². The Kier molecular flexibility index (Phi) is 4.39. The summed E-state index contributed by atoms with van der Waals surface area (Å²) in [5.74, 6) is 1.64. The maximum atomic E-state index is 5.17. The minimum atomic E-state index is 0.605. The van der Waals surface area contributed by atoms with Crippen molar-refractivity contribution in [3.05, 3.63) is 35.9 Å². The second-order valence-corrected chi connectivity index (χ2v) is 6.32. The summed E-state index contributed by atoms with van der Waals surface area (Å²) in [4.78, 5) is 5.19. The maximum Gasteiger partial charge on any atom is 0.0474 e. The highest BCUT2D eigenvalue weighted by molar-refractivity contribution is 5.22. The number of methoxy groups -OCH3 is 1. The van der Waals surface area contributed by atoms with Gasteiger partial charge in [0, 0.05) is 45.9 Å². The van der Waals surface area contributed by atoms with Gasteiger partial charge in [0.15, 0.2) is 0 Å². The standard InChI is InChI=1S/C17H26N2O/c1-18-11-15-12-19(9-6-10-20-2)13-16(15)17(18)14-7-4-3-5-8-14/h3-5,7-8,15-17H,6,9-13H2,1-2H3/t15-,16+,17-/m0/s1. The van der Waals surface area contributed by atoms with Gasteiger partial charge in [0.25, 0.3) is 0 Å². The zero-order valence-corrected chi connectivity index (χ0v) is 12.7. The normalized spacial score (nSPS) is 30.8. The molecule has 110 valence electrons. The molecule has 1 aromatic carbocycles. The highest BCUT2D eigenvalue weighted by Gasteiger charge is 2.45. The van der Waals surface area contributed by atoms with E-state index in [1.165, 1.54) is 31.7 Å². The van der Waals surface area contributed by atoms with E-state index in [0.29, 0.717) is 6.04 Å². The molecule has 1 aromatic rings. The lowest BCUT2D eigenvalue weighted by Gasteiger charge is -2.26. The van der Waals surface area contributed by atoms with Gasteiger partial charge in [-0.2, -0.15) is 0 Å². The summed E-state index contributed by atoms with van der Waals surface area (Å²) in [6.07, 6.45) is 1.15. The van der Waals surface area contributed by atoms with Gasteiger partial charge in [-0.3, -0.25) is 4.90 Å². The van der Waals surface area contributed by atoms with Crippen LogP contribution in [-0.2, 0) is 4.74 Å². The molecule has 2 heterocycles. The number of hydrogen-bond acceptors (Lipinski definition) is 3. The molecule has 3 rings (SSSR count). The average Bonchev–Trinajstić information content (AvgIpc) is 2.96. The van der Waals surface area contributed by atoms with E-state index in [0.717, 1.165) is 24.9 Å². The second kappa shape index (κ2) is 6.25. The van der Waals surface area contributed by atoms with Gasteiger partial charge in [0.05, 0.1) is 0 Å². The molecule has 0 aliphatic carbocycles. The summed E-state index contributed by atoms with van der Waals surface area (Å²) in [5.41, 5.74) is 1.49. The zero-order chi connectivity index (χ0) is 13.9. The highest BCUT2D eigenvalue weighted by Crippen LogP contribution is 2.43. The van der Waals surface area contributed by atoms with Gasteiger partial charge >= 0.3 is 0 Å². The molecule has 3 nitrogen and oxygen atoms in total. The van der Waals surface area contributed by atoms with Crippen LogP contribution in [0.15, 0.2) is 30.3 Å². The smallest absolute Gasteiger partial charge is 0.0474 e. The zero-order valence-electron chi connectivity index (χ0n) is 12.7. The van der Waals surface area contributed by atoms with Crippen LogP contribution in [-0.4, -0.2) is 56.7 Å². The molecular formula is C17H26N2O. The molecule has 20 heavy (non-hydrogen) atoms. The molecule has 0 bridgehead atoms. The van der Waals surface area contributed by atoms with Gasteiger partial charge in [-0.05, 0) is 30.9 Å².